The van der Waals surface area contributed by atoms with Crippen molar-refractivity contribution in [2.24, 2.45) is 0 Å². The summed E-state index contributed by atoms with van der Waals surface area (Å²) in [7, 11) is 3.08. The highest BCUT2D eigenvalue weighted by atomic mass is 16.7. The lowest BCUT2D eigenvalue weighted by atomic mass is 10.1. The molecule has 1 aromatic carbocycles. The van der Waals surface area contributed by atoms with Gasteiger partial charge in [0.05, 0.1) is 6.54 Å². The van der Waals surface area contributed by atoms with E-state index in [1.54, 1.807) is 14.2 Å². The third-order valence-electron chi connectivity index (χ3n) is 3.04. The smallest absolute Gasteiger partial charge is 0.251 e. The van der Waals surface area contributed by atoms with Crippen molar-refractivity contribution in [3.05, 3.63) is 29.3 Å². The van der Waals surface area contributed by atoms with Gasteiger partial charge in [0.25, 0.3) is 5.91 Å². The van der Waals surface area contributed by atoms with Gasteiger partial charge in [-0.3, -0.25) is 4.79 Å². The Morgan fingerprint density at radius 2 is 2.22 bits per heavy atom. The second-order valence-electron chi connectivity index (χ2n) is 4.16. The van der Waals surface area contributed by atoms with Crippen LogP contribution in [0.5, 0.6) is 0 Å². The topological polar surface area (TPSA) is 59.6 Å². The van der Waals surface area contributed by atoms with Crippen molar-refractivity contribution in [2.45, 2.75) is 12.7 Å². The molecule has 0 unspecified atom stereocenters. The maximum absolute atomic E-state index is 11.9. The molecule has 0 atom stereocenters. The largest absolute Gasteiger partial charge is 0.384 e. The summed E-state index contributed by atoms with van der Waals surface area (Å²) in [6.45, 7) is 1.27. The number of nitrogens with one attached hydrogen (secondary N) is 2. The van der Waals surface area contributed by atoms with Crippen LogP contribution in [0.2, 0.25) is 0 Å². The summed E-state index contributed by atoms with van der Waals surface area (Å²) < 4.78 is 10.0. The molecule has 5 heteroatoms. The fourth-order valence-corrected chi connectivity index (χ4v) is 1.97. The molecule has 5 nitrogen and oxygen atoms in total. The van der Waals surface area contributed by atoms with Crippen molar-refractivity contribution in [2.75, 3.05) is 32.6 Å². The van der Waals surface area contributed by atoms with E-state index < -0.39 is 6.29 Å². The second kappa shape index (κ2) is 5.84. The molecule has 1 amide bonds. The van der Waals surface area contributed by atoms with E-state index in [1.807, 2.05) is 18.2 Å². The highest BCUT2D eigenvalue weighted by Crippen LogP contribution is 2.23. The fraction of sp³-hybridized carbons (Fsp3) is 0.462. The number of rotatable bonds is 5. The Kier molecular flexibility index (Phi) is 4.17. The first kappa shape index (κ1) is 12.9. The van der Waals surface area contributed by atoms with E-state index in [-0.39, 0.29) is 5.91 Å². The molecule has 0 saturated carbocycles. The van der Waals surface area contributed by atoms with E-state index in [4.69, 9.17) is 9.47 Å². The Hall–Kier alpha value is -1.59. The van der Waals surface area contributed by atoms with E-state index >= 15 is 0 Å². The molecule has 0 aliphatic carbocycles. The summed E-state index contributed by atoms with van der Waals surface area (Å²) >= 11 is 0. The highest BCUT2D eigenvalue weighted by molar-refractivity contribution is 5.95. The van der Waals surface area contributed by atoms with Gasteiger partial charge < -0.3 is 20.1 Å². The lowest BCUT2D eigenvalue weighted by molar-refractivity contribution is -0.0974. The van der Waals surface area contributed by atoms with Crippen LogP contribution in [-0.2, 0) is 15.9 Å². The molecule has 0 fully saturated rings. The number of methoxy groups -OCH3 is 2. The van der Waals surface area contributed by atoms with Crippen LogP contribution in [0.3, 0.4) is 0 Å². The van der Waals surface area contributed by atoms with Crippen molar-refractivity contribution in [1.29, 1.82) is 0 Å². The predicted octanol–water partition coefficient (Wildman–Crippen LogP) is 1.00. The van der Waals surface area contributed by atoms with Crippen molar-refractivity contribution in [1.82, 2.24) is 5.32 Å². The van der Waals surface area contributed by atoms with Crippen LogP contribution in [0.15, 0.2) is 18.2 Å². The number of benzene rings is 1. The van der Waals surface area contributed by atoms with Gasteiger partial charge in [-0.05, 0) is 24.1 Å². The van der Waals surface area contributed by atoms with Crippen molar-refractivity contribution >= 4 is 11.6 Å². The lowest BCUT2D eigenvalue weighted by Gasteiger charge is -2.14. The van der Waals surface area contributed by atoms with Gasteiger partial charge in [-0.2, -0.15) is 0 Å². The van der Waals surface area contributed by atoms with Gasteiger partial charge in [0.15, 0.2) is 6.29 Å². The third-order valence-corrected chi connectivity index (χ3v) is 3.04. The maximum Gasteiger partial charge on any atom is 0.251 e. The predicted molar refractivity (Wildman–Crippen MR) is 68.8 cm³/mol. The first-order chi connectivity index (χ1) is 8.74. The fourth-order valence-electron chi connectivity index (χ4n) is 1.97. The van der Waals surface area contributed by atoms with Crippen LogP contribution >= 0.6 is 0 Å². The Balaban J connectivity index is 1.97. The molecule has 0 radical (unpaired) electrons. The van der Waals surface area contributed by atoms with Crippen molar-refractivity contribution in [3.8, 4) is 0 Å². The summed E-state index contributed by atoms with van der Waals surface area (Å²) in [6.07, 6.45) is 0.605. The maximum atomic E-state index is 11.9. The van der Waals surface area contributed by atoms with Gasteiger partial charge in [0, 0.05) is 32.0 Å². The molecule has 18 heavy (non-hydrogen) atoms. The monoisotopic (exact) mass is 250 g/mol. The first-order valence-electron chi connectivity index (χ1n) is 5.95. The Labute approximate surface area is 106 Å². The normalized spacial score (nSPS) is 13.3. The number of hydrogen-bond donors (Lipinski definition) is 2. The van der Waals surface area contributed by atoms with Gasteiger partial charge in [0.2, 0.25) is 0 Å². The quantitative estimate of drug-likeness (QED) is 0.766. The zero-order valence-corrected chi connectivity index (χ0v) is 10.7. The number of amides is 1. The molecule has 1 heterocycles. The minimum atomic E-state index is -0.415. The Bertz CT molecular complexity index is 430. The molecule has 0 bridgehead atoms. The van der Waals surface area contributed by atoms with Gasteiger partial charge in [-0.25, -0.2) is 0 Å². The molecule has 1 aliphatic rings. The van der Waals surface area contributed by atoms with Gasteiger partial charge in [0.1, 0.15) is 0 Å². The van der Waals surface area contributed by atoms with E-state index in [0.717, 1.165) is 18.7 Å². The lowest BCUT2D eigenvalue weighted by Crippen LogP contribution is -2.34. The summed E-state index contributed by atoms with van der Waals surface area (Å²) in [5, 5.41) is 6.03. The molecular formula is C13H18N2O3. The number of carbonyl (C=O) groups is 1. The minimum absolute atomic E-state index is 0.120. The molecule has 1 aliphatic heterocycles. The molecule has 1 aromatic rings. The number of fused-ring (bicyclic) bond motifs is 1. The second-order valence-corrected chi connectivity index (χ2v) is 4.16. The van der Waals surface area contributed by atoms with Crippen LogP contribution in [0.4, 0.5) is 5.69 Å². The molecule has 2 rings (SSSR count). The van der Waals surface area contributed by atoms with Crippen LogP contribution < -0.4 is 10.6 Å². The van der Waals surface area contributed by atoms with E-state index in [9.17, 15) is 4.79 Å². The molecule has 2 N–H and O–H groups in total. The number of ether oxygens (including phenoxy) is 2. The summed E-state index contributed by atoms with van der Waals surface area (Å²) in [4.78, 5) is 11.9. The zero-order valence-electron chi connectivity index (χ0n) is 10.7. The van der Waals surface area contributed by atoms with E-state index in [0.29, 0.717) is 12.1 Å². The first-order valence-corrected chi connectivity index (χ1v) is 5.95. The van der Waals surface area contributed by atoms with Crippen LogP contribution in [-0.4, -0.2) is 39.5 Å². The van der Waals surface area contributed by atoms with E-state index in [2.05, 4.69) is 10.6 Å². The van der Waals surface area contributed by atoms with Gasteiger partial charge in [-0.1, -0.05) is 6.07 Å². The number of hydrogen-bond acceptors (Lipinski definition) is 4. The van der Waals surface area contributed by atoms with Gasteiger partial charge >= 0.3 is 0 Å². The van der Waals surface area contributed by atoms with Crippen molar-refractivity contribution in [3.63, 3.8) is 0 Å². The zero-order chi connectivity index (χ0) is 13.0. The molecule has 0 spiro atoms. The molecule has 98 valence electrons. The number of anilines is 1. The standard InChI is InChI=1S/C13H18N2O3/c1-17-12(18-2)8-15-13(16)10-4-3-9-5-6-14-11(9)7-10/h3-4,7,12,14H,5-6,8H2,1-2H3,(H,15,16). The summed E-state index contributed by atoms with van der Waals surface area (Å²) in [5.41, 5.74) is 2.96. The van der Waals surface area contributed by atoms with Gasteiger partial charge in [-0.15, -0.1) is 0 Å². The van der Waals surface area contributed by atoms with Crippen LogP contribution in [0.25, 0.3) is 0 Å². The molecule has 0 aromatic heterocycles. The third kappa shape index (κ3) is 2.80. The highest BCUT2D eigenvalue weighted by Gasteiger charge is 2.14. The molecular weight excluding hydrogens is 232 g/mol. The summed E-state index contributed by atoms with van der Waals surface area (Å²) in [5.74, 6) is -0.120. The molecule has 0 saturated heterocycles. The van der Waals surface area contributed by atoms with Crippen molar-refractivity contribution < 1.29 is 14.3 Å². The van der Waals surface area contributed by atoms with Crippen LogP contribution in [0, 0.1) is 0 Å². The number of carbonyl (C=O) groups excluding carboxylic acids is 1. The average Bonchev–Trinajstić information content (AvgIpc) is 2.86. The Morgan fingerprint density at radius 3 is 2.94 bits per heavy atom. The SMILES string of the molecule is COC(CNC(=O)c1ccc2c(c1)NCC2)OC. The van der Waals surface area contributed by atoms with E-state index in [1.165, 1.54) is 5.56 Å². The van der Waals surface area contributed by atoms with Crippen LogP contribution in [0.1, 0.15) is 15.9 Å². The minimum Gasteiger partial charge on any atom is -0.384 e. The summed E-state index contributed by atoms with van der Waals surface area (Å²) in [6, 6.07) is 5.72. The Morgan fingerprint density at radius 1 is 1.44 bits per heavy atom. The average molecular weight is 250 g/mol.